The largest absolute Gasteiger partial charge is 0.326 e. The van der Waals surface area contributed by atoms with Gasteiger partial charge in [0.2, 0.25) is 0 Å². The van der Waals surface area contributed by atoms with Crippen LogP contribution in [0.4, 0.5) is 4.39 Å². The van der Waals surface area contributed by atoms with Gasteiger partial charge in [0.25, 0.3) is 0 Å². The molecule has 0 amide bonds. The predicted octanol–water partition coefficient (Wildman–Crippen LogP) is 3.30. The fourth-order valence-electron chi connectivity index (χ4n) is 2.82. The van der Waals surface area contributed by atoms with Crippen molar-refractivity contribution in [2.75, 3.05) is 13.1 Å². The van der Waals surface area contributed by atoms with Gasteiger partial charge in [0.05, 0.1) is 0 Å². The average Bonchev–Trinajstić information content (AvgIpc) is 2.51. The second kappa shape index (κ2) is 6.02. The molecule has 19 heavy (non-hydrogen) atoms. The highest BCUT2D eigenvalue weighted by molar-refractivity contribution is 5.27. The van der Waals surface area contributed by atoms with Crippen LogP contribution in [-0.4, -0.2) is 18.0 Å². The third-order valence-corrected chi connectivity index (χ3v) is 4.21. The summed E-state index contributed by atoms with van der Waals surface area (Å²) in [6.45, 7) is 8.17. The van der Waals surface area contributed by atoms with Crippen molar-refractivity contribution in [1.29, 1.82) is 0 Å². The first-order valence-corrected chi connectivity index (χ1v) is 7.20. The molecule has 2 N–H and O–H groups in total. The lowest BCUT2D eigenvalue weighted by Crippen LogP contribution is -2.26. The van der Waals surface area contributed by atoms with Crippen LogP contribution in [0.15, 0.2) is 18.2 Å². The molecule has 1 aromatic rings. The van der Waals surface area contributed by atoms with Gasteiger partial charge in [-0.1, -0.05) is 19.9 Å². The summed E-state index contributed by atoms with van der Waals surface area (Å²) in [6.07, 6.45) is 3.71. The van der Waals surface area contributed by atoms with E-state index in [-0.39, 0.29) is 5.82 Å². The number of nitrogens with two attached hydrogens (primary N) is 1. The Morgan fingerprint density at radius 2 is 2.00 bits per heavy atom. The van der Waals surface area contributed by atoms with E-state index >= 15 is 0 Å². The molecule has 1 fully saturated rings. The highest BCUT2D eigenvalue weighted by Gasteiger charge is 2.23. The molecule has 0 aromatic heterocycles. The molecule has 0 saturated carbocycles. The van der Waals surface area contributed by atoms with E-state index in [1.165, 1.54) is 25.3 Å². The summed E-state index contributed by atoms with van der Waals surface area (Å²) >= 11 is 0. The fourth-order valence-corrected chi connectivity index (χ4v) is 2.82. The van der Waals surface area contributed by atoms with Crippen molar-refractivity contribution in [2.24, 2.45) is 11.1 Å². The van der Waals surface area contributed by atoms with E-state index in [2.05, 4.69) is 18.7 Å². The van der Waals surface area contributed by atoms with Crippen molar-refractivity contribution in [3.05, 3.63) is 35.1 Å². The zero-order valence-electron chi connectivity index (χ0n) is 12.1. The second-order valence-electron chi connectivity index (χ2n) is 6.41. The van der Waals surface area contributed by atoms with Crippen LogP contribution in [0.1, 0.15) is 44.2 Å². The number of nitrogens with zero attached hydrogens (tertiary/aromatic N) is 1. The van der Waals surface area contributed by atoms with Crippen molar-refractivity contribution in [3.8, 4) is 0 Å². The zero-order valence-corrected chi connectivity index (χ0v) is 12.1. The van der Waals surface area contributed by atoms with Gasteiger partial charge in [-0.15, -0.1) is 0 Å². The van der Waals surface area contributed by atoms with E-state index in [1.54, 1.807) is 6.07 Å². The first-order chi connectivity index (χ1) is 9.00. The maximum absolute atomic E-state index is 13.4. The molecule has 106 valence electrons. The molecule has 1 saturated heterocycles. The van der Waals surface area contributed by atoms with Gasteiger partial charge in [-0.3, -0.25) is 4.90 Å². The molecule has 0 bridgehead atoms. The van der Waals surface area contributed by atoms with Crippen LogP contribution < -0.4 is 5.73 Å². The van der Waals surface area contributed by atoms with Crippen molar-refractivity contribution >= 4 is 0 Å². The van der Waals surface area contributed by atoms with E-state index in [1.807, 2.05) is 6.07 Å². The number of benzene rings is 1. The SMILES string of the molecule is CC1(C)CCCN(Cc2cc(F)ccc2CN)CC1. The highest BCUT2D eigenvalue weighted by atomic mass is 19.1. The summed E-state index contributed by atoms with van der Waals surface area (Å²) in [5.41, 5.74) is 8.28. The average molecular weight is 264 g/mol. The molecule has 0 radical (unpaired) electrons. The van der Waals surface area contributed by atoms with Crippen molar-refractivity contribution < 1.29 is 4.39 Å². The Balaban J connectivity index is 2.06. The predicted molar refractivity (Wildman–Crippen MR) is 77.2 cm³/mol. The molecule has 0 unspecified atom stereocenters. The maximum atomic E-state index is 13.4. The van der Waals surface area contributed by atoms with Gasteiger partial charge in [0.15, 0.2) is 0 Å². The van der Waals surface area contributed by atoms with Gasteiger partial charge in [-0.25, -0.2) is 4.39 Å². The Hall–Kier alpha value is -0.930. The minimum Gasteiger partial charge on any atom is -0.326 e. The summed E-state index contributed by atoms with van der Waals surface area (Å²) in [4.78, 5) is 2.43. The van der Waals surface area contributed by atoms with Crippen molar-refractivity contribution in [1.82, 2.24) is 4.90 Å². The van der Waals surface area contributed by atoms with Gasteiger partial charge < -0.3 is 5.73 Å². The maximum Gasteiger partial charge on any atom is 0.123 e. The van der Waals surface area contributed by atoms with Crippen LogP contribution in [0.25, 0.3) is 0 Å². The minimum absolute atomic E-state index is 0.164. The van der Waals surface area contributed by atoms with Crippen LogP contribution in [0, 0.1) is 11.2 Å². The van der Waals surface area contributed by atoms with Crippen LogP contribution in [-0.2, 0) is 13.1 Å². The molecule has 2 rings (SSSR count). The van der Waals surface area contributed by atoms with Gasteiger partial charge >= 0.3 is 0 Å². The van der Waals surface area contributed by atoms with Crippen LogP contribution in [0.5, 0.6) is 0 Å². The van der Waals surface area contributed by atoms with Crippen molar-refractivity contribution in [3.63, 3.8) is 0 Å². The number of hydrogen-bond acceptors (Lipinski definition) is 2. The van der Waals surface area contributed by atoms with Crippen molar-refractivity contribution in [2.45, 2.75) is 46.2 Å². The number of halogens is 1. The number of likely N-dealkylation sites (tertiary alicyclic amines) is 1. The van der Waals surface area contributed by atoms with E-state index in [0.717, 1.165) is 30.8 Å². The first kappa shape index (κ1) is 14.5. The Morgan fingerprint density at radius 3 is 2.74 bits per heavy atom. The molecule has 0 atom stereocenters. The Morgan fingerprint density at radius 1 is 1.21 bits per heavy atom. The van der Waals surface area contributed by atoms with E-state index in [0.29, 0.717) is 12.0 Å². The standard InChI is InChI=1S/C16H25FN2/c1-16(2)6-3-8-19(9-7-16)12-14-10-15(17)5-4-13(14)11-18/h4-5,10H,3,6-9,11-12,18H2,1-2H3. The molecule has 0 spiro atoms. The molecule has 3 heteroatoms. The molecular formula is C16H25FN2. The Kier molecular flexibility index (Phi) is 4.58. The third kappa shape index (κ3) is 4.02. The van der Waals surface area contributed by atoms with Gasteiger partial charge in [-0.2, -0.15) is 0 Å². The molecule has 1 heterocycles. The molecule has 0 aliphatic carbocycles. The normalized spacial score (nSPS) is 20.2. The summed E-state index contributed by atoms with van der Waals surface area (Å²) in [5, 5.41) is 0. The minimum atomic E-state index is -0.164. The molecule has 2 nitrogen and oxygen atoms in total. The monoisotopic (exact) mass is 264 g/mol. The lowest BCUT2D eigenvalue weighted by molar-refractivity contribution is 0.255. The number of rotatable bonds is 3. The zero-order chi connectivity index (χ0) is 13.9. The lowest BCUT2D eigenvalue weighted by Gasteiger charge is -2.24. The van der Waals surface area contributed by atoms with Crippen LogP contribution in [0.2, 0.25) is 0 Å². The lowest BCUT2D eigenvalue weighted by atomic mass is 9.85. The van der Waals surface area contributed by atoms with Crippen LogP contribution in [0.3, 0.4) is 0 Å². The summed E-state index contributed by atoms with van der Waals surface area (Å²) in [5.74, 6) is -0.164. The van der Waals surface area contributed by atoms with E-state index in [9.17, 15) is 4.39 Å². The Labute approximate surface area is 115 Å². The van der Waals surface area contributed by atoms with Gasteiger partial charge in [0, 0.05) is 13.1 Å². The summed E-state index contributed by atoms with van der Waals surface area (Å²) in [7, 11) is 0. The smallest absolute Gasteiger partial charge is 0.123 e. The van der Waals surface area contributed by atoms with E-state index < -0.39 is 0 Å². The third-order valence-electron chi connectivity index (χ3n) is 4.21. The summed E-state index contributed by atoms with van der Waals surface area (Å²) < 4.78 is 13.4. The second-order valence-corrected chi connectivity index (χ2v) is 6.41. The quantitative estimate of drug-likeness (QED) is 0.907. The van der Waals surface area contributed by atoms with Gasteiger partial charge in [0.1, 0.15) is 5.82 Å². The molecular weight excluding hydrogens is 239 g/mol. The highest BCUT2D eigenvalue weighted by Crippen LogP contribution is 2.30. The summed E-state index contributed by atoms with van der Waals surface area (Å²) in [6, 6.07) is 4.95. The Bertz CT molecular complexity index is 429. The van der Waals surface area contributed by atoms with Gasteiger partial charge in [-0.05, 0) is 61.0 Å². The molecule has 1 aliphatic rings. The number of hydrogen-bond donors (Lipinski definition) is 1. The molecule has 1 aliphatic heterocycles. The molecule has 1 aromatic carbocycles. The topological polar surface area (TPSA) is 29.3 Å². The van der Waals surface area contributed by atoms with Crippen LogP contribution >= 0.6 is 0 Å². The van der Waals surface area contributed by atoms with E-state index in [4.69, 9.17) is 5.73 Å². The fraction of sp³-hybridized carbons (Fsp3) is 0.625. The first-order valence-electron chi connectivity index (χ1n) is 7.20.